The van der Waals surface area contributed by atoms with Crippen molar-refractivity contribution in [2.45, 2.75) is 110 Å². The van der Waals surface area contributed by atoms with Crippen LogP contribution in [0.4, 0.5) is 0 Å². The van der Waals surface area contributed by atoms with Crippen LogP contribution < -0.4 is 0 Å². The van der Waals surface area contributed by atoms with E-state index in [0.717, 1.165) is 18.8 Å². The number of hydrogen-bond acceptors (Lipinski definition) is 0. The van der Waals surface area contributed by atoms with Crippen molar-refractivity contribution in [2.75, 3.05) is 0 Å². The van der Waals surface area contributed by atoms with E-state index in [1.807, 2.05) is 6.07 Å². The summed E-state index contributed by atoms with van der Waals surface area (Å²) in [4.78, 5) is 0. The van der Waals surface area contributed by atoms with Crippen LogP contribution >= 0.6 is 0 Å². The molecule has 0 saturated carbocycles. The van der Waals surface area contributed by atoms with Crippen LogP contribution in [-0.4, -0.2) is 0 Å². The van der Waals surface area contributed by atoms with Gasteiger partial charge in [0.1, 0.15) is 0 Å². The van der Waals surface area contributed by atoms with Gasteiger partial charge in [-0.1, -0.05) is 133 Å². The second kappa shape index (κ2) is 18.6. The summed E-state index contributed by atoms with van der Waals surface area (Å²) in [6.07, 6.45) is 20.9. The van der Waals surface area contributed by atoms with Crippen molar-refractivity contribution in [2.24, 2.45) is 5.92 Å². The van der Waals surface area contributed by atoms with E-state index in [9.17, 15) is 0 Å². The zero-order chi connectivity index (χ0) is 22.2. The molecule has 2 aromatic rings. The summed E-state index contributed by atoms with van der Waals surface area (Å²) >= 11 is 0. The van der Waals surface area contributed by atoms with Gasteiger partial charge in [-0.3, -0.25) is 0 Å². The van der Waals surface area contributed by atoms with E-state index in [0.29, 0.717) is 0 Å². The molecule has 0 radical (unpaired) electrons. The summed E-state index contributed by atoms with van der Waals surface area (Å²) in [5.74, 6) is 0.897. The molecule has 174 valence electrons. The molecular weight excluding hydrogens is 420 g/mol. The quantitative estimate of drug-likeness (QED) is 0.126. The molecule has 1 aliphatic rings. The molecule has 0 bridgehead atoms. The molecule has 0 fully saturated rings. The summed E-state index contributed by atoms with van der Waals surface area (Å²) in [7, 11) is 0. The van der Waals surface area contributed by atoms with Crippen LogP contribution in [0.15, 0.2) is 42.5 Å². The molecule has 0 unspecified atom stereocenters. The fourth-order valence-electron chi connectivity index (χ4n) is 4.49. The van der Waals surface area contributed by atoms with Gasteiger partial charge < -0.3 is 6.92 Å². The van der Waals surface area contributed by atoms with Gasteiger partial charge in [0.05, 0.1) is 0 Å². The Morgan fingerprint density at radius 2 is 1.25 bits per heavy atom. The Balaban J connectivity index is 0.000000321. The third-order valence-electron chi connectivity index (χ3n) is 6.40. The standard InChI is InChI=1S/C18H37.C13H9.Ti/c1-4-5-6-7-8-9-10-11-12-13-14-15-16-17-18(2)3;1-3-7-12-10(5-1)9-11-6-2-4-8-13(11)12;/h18H,1,4-17H2,2-3H3;1-5,7-8H,9H2;/q2*-1;+2. The van der Waals surface area contributed by atoms with Gasteiger partial charge in [-0.05, 0) is 12.3 Å². The van der Waals surface area contributed by atoms with Crippen molar-refractivity contribution in [3.05, 3.63) is 66.6 Å². The first-order valence-electron chi connectivity index (χ1n) is 13.1. The van der Waals surface area contributed by atoms with Crippen LogP contribution in [0, 0.1) is 18.9 Å². The Morgan fingerprint density at radius 1 is 0.719 bits per heavy atom. The third-order valence-corrected chi connectivity index (χ3v) is 6.40. The maximum atomic E-state index is 3.88. The van der Waals surface area contributed by atoms with E-state index in [4.69, 9.17) is 0 Å². The molecular formula is C31H46Ti. The van der Waals surface area contributed by atoms with Gasteiger partial charge in [0, 0.05) is 0 Å². The minimum Gasteiger partial charge on any atom is -0.343 e. The Labute approximate surface area is 214 Å². The summed E-state index contributed by atoms with van der Waals surface area (Å²) in [5.41, 5.74) is 5.51. The Hall–Kier alpha value is -0.846. The van der Waals surface area contributed by atoms with E-state index in [1.54, 1.807) is 0 Å². The van der Waals surface area contributed by atoms with Crippen LogP contribution in [0.5, 0.6) is 0 Å². The molecule has 3 rings (SSSR count). The molecule has 0 aromatic heterocycles. The largest absolute Gasteiger partial charge is 2.00 e. The Kier molecular flexibility index (Phi) is 16.9. The second-order valence-corrected chi connectivity index (χ2v) is 9.67. The fourth-order valence-corrected chi connectivity index (χ4v) is 4.49. The van der Waals surface area contributed by atoms with Crippen molar-refractivity contribution in [1.29, 1.82) is 0 Å². The van der Waals surface area contributed by atoms with E-state index >= 15 is 0 Å². The predicted octanol–water partition coefficient (Wildman–Crippen LogP) is 9.99. The van der Waals surface area contributed by atoms with Gasteiger partial charge in [-0.2, -0.15) is 36.2 Å². The molecule has 1 aliphatic carbocycles. The van der Waals surface area contributed by atoms with E-state index < -0.39 is 0 Å². The molecule has 0 heterocycles. The minimum atomic E-state index is 0. The van der Waals surface area contributed by atoms with E-state index in [2.05, 4.69) is 63.2 Å². The van der Waals surface area contributed by atoms with Gasteiger partial charge in [-0.15, -0.1) is 5.56 Å². The van der Waals surface area contributed by atoms with Gasteiger partial charge in [0.25, 0.3) is 0 Å². The Bertz CT molecular complexity index is 660. The molecule has 32 heavy (non-hydrogen) atoms. The zero-order valence-electron chi connectivity index (χ0n) is 20.9. The van der Waals surface area contributed by atoms with Crippen LogP contribution in [0.1, 0.15) is 115 Å². The number of unbranched alkanes of at least 4 members (excludes halogenated alkanes) is 12. The van der Waals surface area contributed by atoms with Crippen molar-refractivity contribution < 1.29 is 21.7 Å². The zero-order valence-corrected chi connectivity index (χ0v) is 22.5. The first-order valence-corrected chi connectivity index (χ1v) is 13.1. The van der Waals surface area contributed by atoms with Crippen molar-refractivity contribution >= 4 is 0 Å². The number of fused-ring (bicyclic) bond motifs is 3. The number of hydrogen-bond donors (Lipinski definition) is 0. The Morgan fingerprint density at radius 3 is 1.84 bits per heavy atom. The third kappa shape index (κ3) is 11.9. The van der Waals surface area contributed by atoms with Crippen LogP contribution in [0.25, 0.3) is 11.1 Å². The van der Waals surface area contributed by atoms with Gasteiger partial charge in [0.2, 0.25) is 0 Å². The summed E-state index contributed by atoms with van der Waals surface area (Å²) in [6.45, 7) is 8.54. The molecule has 0 amide bonds. The number of rotatable bonds is 14. The molecule has 0 N–H and O–H groups in total. The monoisotopic (exact) mass is 466 g/mol. The van der Waals surface area contributed by atoms with E-state index in [-0.39, 0.29) is 21.7 Å². The van der Waals surface area contributed by atoms with Crippen molar-refractivity contribution in [3.8, 4) is 11.1 Å². The average Bonchev–Trinajstić information content (AvgIpc) is 3.16. The minimum absolute atomic E-state index is 0. The first-order chi connectivity index (χ1) is 15.2. The molecule has 0 atom stereocenters. The maximum absolute atomic E-state index is 3.88. The molecule has 0 aliphatic heterocycles. The molecule has 2 aromatic carbocycles. The topological polar surface area (TPSA) is 0 Å². The average molecular weight is 467 g/mol. The smallest absolute Gasteiger partial charge is 0.343 e. The summed E-state index contributed by atoms with van der Waals surface area (Å²) in [5, 5.41) is 0. The molecule has 0 saturated heterocycles. The van der Waals surface area contributed by atoms with Crippen molar-refractivity contribution in [3.63, 3.8) is 0 Å². The molecule has 1 heteroatoms. The van der Waals surface area contributed by atoms with E-state index in [1.165, 1.54) is 106 Å². The van der Waals surface area contributed by atoms with Gasteiger partial charge in [0.15, 0.2) is 0 Å². The molecule has 0 spiro atoms. The van der Waals surface area contributed by atoms with Crippen LogP contribution in [0.2, 0.25) is 0 Å². The SMILES string of the molecule is [CH2-]CCCCCCCCCCCCCCC(C)C.[Ti+2].[c-]1cccc2c1Cc1ccccc1-2. The first kappa shape index (κ1) is 29.2. The van der Waals surface area contributed by atoms with Crippen molar-refractivity contribution in [1.82, 2.24) is 0 Å². The maximum Gasteiger partial charge on any atom is 2.00 e. The predicted molar refractivity (Wildman–Crippen MR) is 138 cm³/mol. The summed E-state index contributed by atoms with van der Waals surface area (Å²) in [6, 6.07) is 18.1. The van der Waals surface area contributed by atoms with Crippen LogP contribution in [0.3, 0.4) is 0 Å². The normalized spacial score (nSPS) is 11.4. The van der Waals surface area contributed by atoms with Crippen LogP contribution in [-0.2, 0) is 28.1 Å². The van der Waals surface area contributed by atoms with Gasteiger partial charge in [-0.25, -0.2) is 0 Å². The fraction of sp³-hybridized carbons (Fsp3) is 0.581. The second-order valence-electron chi connectivity index (χ2n) is 9.67. The molecule has 0 nitrogen and oxygen atoms in total. The van der Waals surface area contributed by atoms with Gasteiger partial charge >= 0.3 is 21.7 Å². The summed E-state index contributed by atoms with van der Waals surface area (Å²) < 4.78 is 0. The number of benzene rings is 2.